The fourth-order valence-corrected chi connectivity index (χ4v) is 2.32. The molecule has 0 radical (unpaired) electrons. The third kappa shape index (κ3) is 1.69. The minimum Gasteiger partial charge on any atom is -0.495 e. The molecule has 0 saturated carbocycles. The zero-order valence-corrected chi connectivity index (χ0v) is 10.1. The molecule has 2 rings (SSSR count). The van der Waals surface area contributed by atoms with Crippen LogP contribution in [-0.4, -0.2) is 26.6 Å². The maximum atomic E-state index is 11.2. The van der Waals surface area contributed by atoms with E-state index in [1.54, 1.807) is 12.1 Å². The summed E-state index contributed by atoms with van der Waals surface area (Å²) < 4.78 is 10.3. The van der Waals surface area contributed by atoms with Gasteiger partial charge in [0.1, 0.15) is 17.5 Å². The number of halogens is 2. The number of carbonyl (C=O) groups is 1. The zero-order chi connectivity index (χ0) is 11.8. The highest BCUT2D eigenvalue weighted by Gasteiger charge is 2.43. The van der Waals surface area contributed by atoms with Gasteiger partial charge in [-0.1, -0.05) is 23.2 Å². The first-order valence-electron chi connectivity index (χ1n) is 4.70. The van der Waals surface area contributed by atoms with Crippen LogP contribution < -0.4 is 4.74 Å². The molecule has 0 unspecified atom stereocenters. The number of ether oxygens (including phenoxy) is 2. The molecule has 0 aliphatic carbocycles. The van der Waals surface area contributed by atoms with Crippen molar-refractivity contribution in [2.24, 2.45) is 0 Å². The van der Waals surface area contributed by atoms with Crippen LogP contribution in [0.25, 0.3) is 0 Å². The van der Waals surface area contributed by atoms with E-state index in [0.29, 0.717) is 34.6 Å². The largest absolute Gasteiger partial charge is 0.495 e. The van der Waals surface area contributed by atoms with Gasteiger partial charge in [-0.2, -0.15) is 0 Å². The lowest BCUT2D eigenvalue weighted by Crippen LogP contribution is -2.48. The molecular weight excluding hydrogens is 251 g/mol. The van der Waals surface area contributed by atoms with Crippen molar-refractivity contribution < 1.29 is 14.3 Å². The van der Waals surface area contributed by atoms with Gasteiger partial charge in [0.25, 0.3) is 0 Å². The van der Waals surface area contributed by atoms with E-state index in [9.17, 15) is 4.79 Å². The van der Waals surface area contributed by atoms with Crippen LogP contribution in [0, 0.1) is 0 Å². The minimum atomic E-state index is -0.667. The van der Waals surface area contributed by atoms with Crippen LogP contribution >= 0.6 is 23.2 Å². The van der Waals surface area contributed by atoms with Crippen LogP contribution in [-0.2, 0) is 14.9 Å². The van der Waals surface area contributed by atoms with Gasteiger partial charge < -0.3 is 14.3 Å². The number of carbonyl (C=O) groups excluding carboxylic acids is 1. The van der Waals surface area contributed by atoms with Crippen molar-refractivity contribution >= 4 is 29.5 Å². The first kappa shape index (κ1) is 11.7. The molecule has 1 aromatic rings. The van der Waals surface area contributed by atoms with Gasteiger partial charge >= 0.3 is 0 Å². The van der Waals surface area contributed by atoms with E-state index in [1.807, 2.05) is 0 Å². The summed E-state index contributed by atoms with van der Waals surface area (Å²) in [5.74, 6) is 0.487. The quantitative estimate of drug-likeness (QED) is 0.784. The Labute approximate surface area is 103 Å². The summed E-state index contributed by atoms with van der Waals surface area (Å²) >= 11 is 11.9. The lowest BCUT2D eigenvalue weighted by atomic mass is 9.79. The van der Waals surface area contributed by atoms with Crippen LogP contribution in [0.1, 0.15) is 5.56 Å². The average molecular weight is 261 g/mol. The number of methoxy groups -OCH3 is 1. The van der Waals surface area contributed by atoms with Crippen molar-refractivity contribution in [2.45, 2.75) is 5.41 Å². The van der Waals surface area contributed by atoms with Gasteiger partial charge in [0.05, 0.1) is 25.3 Å². The van der Waals surface area contributed by atoms with Crippen LogP contribution in [0.3, 0.4) is 0 Å². The van der Waals surface area contributed by atoms with Crippen molar-refractivity contribution in [3.05, 3.63) is 27.7 Å². The summed E-state index contributed by atoms with van der Waals surface area (Å²) in [6, 6.07) is 3.28. The predicted octanol–water partition coefficient (Wildman–Crippen LogP) is 2.47. The molecule has 0 amide bonds. The fourth-order valence-electron chi connectivity index (χ4n) is 1.75. The van der Waals surface area contributed by atoms with Gasteiger partial charge in [-0.05, 0) is 12.1 Å². The molecule has 0 bridgehead atoms. The Morgan fingerprint density at radius 1 is 1.44 bits per heavy atom. The molecule has 0 N–H and O–H groups in total. The highest BCUT2D eigenvalue weighted by molar-refractivity contribution is 6.35. The maximum absolute atomic E-state index is 11.2. The number of rotatable bonds is 3. The Morgan fingerprint density at radius 3 is 2.56 bits per heavy atom. The second kappa shape index (κ2) is 4.24. The van der Waals surface area contributed by atoms with Gasteiger partial charge in [-0.25, -0.2) is 0 Å². The summed E-state index contributed by atoms with van der Waals surface area (Å²) in [6.45, 7) is 0.674. The van der Waals surface area contributed by atoms with Crippen molar-refractivity contribution in [3.8, 4) is 5.75 Å². The van der Waals surface area contributed by atoms with Crippen LogP contribution in [0.4, 0.5) is 0 Å². The summed E-state index contributed by atoms with van der Waals surface area (Å²) in [5.41, 5.74) is 0.0219. The Bertz CT molecular complexity index is 427. The average Bonchev–Trinajstić information content (AvgIpc) is 2.16. The predicted molar refractivity (Wildman–Crippen MR) is 61.6 cm³/mol. The zero-order valence-electron chi connectivity index (χ0n) is 8.63. The van der Waals surface area contributed by atoms with Gasteiger partial charge in [0.2, 0.25) is 0 Å². The Hall–Kier alpha value is -0.770. The first-order valence-corrected chi connectivity index (χ1v) is 5.46. The molecule has 1 aliphatic heterocycles. The topological polar surface area (TPSA) is 35.5 Å². The Morgan fingerprint density at radius 2 is 2.12 bits per heavy atom. The van der Waals surface area contributed by atoms with Crippen molar-refractivity contribution in [3.63, 3.8) is 0 Å². The molecule has 3 nitrogen and oxygen atoms in total. The van der Waals surface area contributed by atoms with Gasteiger partial charge in [-0.15, -0.1) is 0 Å². The lowest BCUT2D eigenvalue weighted by molar-refractivity contribution is -0.130. The van der Waals surface area contributed by atoms with Gasteiger partial charge in [0, 0.05) is 10.6 Å². The molecule has 86 valence electrons. The maximum Gasteiger partial charge on any atom is 0.141 e. The van der Waals surface area contributed by atoms with E-state index in [0.717, 1.165) is 6.29 Å². The number of hydrogen-bond acceptors (Lipinski definition) is 3. The second-order valence-corrected chi connectivity index (χ2v) is 4.58. The molecule has 1 aliphatic rings. The Balaban J connectivity index is 2.58. The third-order valence-electron chi connectivity index (χ3n) is 2.69. The molecule has 0 aromatic heterocycles. The SMILES string of the molecule is COc1c(Cl)cc(Cl)cc1C1(C=O)COC1. The van der Waals surface area contributed by atoms with Gasteiger partial charge in [0.15, 0.2) is 0 Å². The monoisotopic (exact) mass is 260 g/mol. The molecule has 5 heteroatoms. The summed E-state index contributed by atoms with van der Waals surface area (Å²) in [6.07, 6.45) is 0.862. The second-order valence-electron chi connectivity index (χ2n) is 3.74. The summed E-state index contributed by atoms with van der Waals surface area (Å²) in [5, 5.41) is 0.882. The molecule has 1 heterocycles. The molecule has 0 atom stereocenters. The third-order valence-corrected chi connectivity index (χ3v) is 3.19. The molecule has 1 aromatic carbocycles. The number of hydrogen-bond donors (Lipinski definition) is 0. The van der Waals surface area contributed by atoms with E-state index in [4.69, 9.17) is 32.7 Å². The number of aldehydes is 1. The molecule has 0 spiro atoms. The van der Waals surface area contributed by atoms with Crippen LogP contribution in [0.5, 0.6) is 5.75 Å². The number of benzene rings is 1. The normalized spacial score (nSPS) is 17.7. The van der Waals surface area contributed by atoms with Gasteiger partial charge in [-0.3, -0.25) is 0 Å². The molecular formula is C11H10Cl2O3. The first-order chi connectivity index (χ1) is 7.63. The molecule has 1 saturated heterocycles. The Kier molecular flexibility index (Phi) is 3.10. The van der Waals surface area contributed by atoms with E-state index in [1.165, 1.54) is 7.11 Å². The summed E-state index contributed by atoms with van der Waals surface area (Å²) in [7, 11) is 1.51. The summed E-state index contributed by atoms with van der Waals surface area (Å²) in [4.78, 5) is 11.2. The minimum absolute atomic E-state index is 0.337. The van der Waals surface area contributed by atoms with Crippen molar-refractivity contribution in [1.29, 1.82) is 0 Å². The molecule has 16 heavy (non-hydrogen) atoms. The smallest absolute Gasteiger partial charge is 0.141 e. The highest BCUT2D eigenvalue weighted by Crippen LogP contribution is 2.41. The van der Waals surface area contributed by atoms with Crippen LogP contribution in [0.15, 0.2) is 12.1 Å². The van der Waals surface area contributed by atoms with Crippen LogP contribution in [0.2, 0.25) is 10.0 Å². The molecule has 1 fully saturated rings. The van der Waals surface area contributed by atoms with E-state index < -0.39 is 5.41 Å². The van der Waals surface area contributed by atoms with E-state index in [2.05, 4.69) is 0 Å². The van der Waals surface area contributed by atoms with Crippen molar-refractivity contribution in [2.75, 3.05) is 20.3 Å². The fraction of sp³-hybridized carbons (Fsp3) is 0.364. The standard InChI is InChI=1S/C11H10Cl2O3/c1-15-10-8(2-7(12)3-9(10)13)11(4-14)5-16-6-11/h2-4H,5-6H2,1H3. The lowest BCUT2D eigenvalue weighted by Gasteiger charge is -2.37. The van der Waals surface area contributed by atoms with E-state index >= 15 is 0 Å². The van der Waals surface area contributed by atoms with Crippen molar-refractivity contribution in [1.82, 2.24) is 0 Å². The van der Waals surface area contributed by atoms with E-state index in [-0.39, 0.29) is 0 Å². The highest BCUT2D eigenvalue weighted by atomic mass is 35.5.